The fourth-order valence-electron chi connectivity index (χ4n) is 2.20. The summed E-state index contributed by atoms with van der Waals surface area (Å²) in [7, 11) is 2.04. The van der Waals surface area contributed by atoms with Gasteiger partial charge in [-0.1, -0.05) is 13.3 Å². The summed E-state index contributed by atoms with van der Waals surface area (Å²) in [6, 6.07) is 1.85. The Morgan fingerprint density at radius 2 is 2.45 bits per heavy atom. The molecule has 5 nitrogen and oxygen atoms in total. The lowest BCUT2D eigenvalue weighted by Crippen LogP contribution is -2.42. The molecule has 20 heavy (non-hydrogen) atoms. The van der Waals surface area contributed by atoms with E-state index in [9.17, 15) is 9.90 Å². The van der Waals surface area contributed by atoms with Gasteiger partial charge in [0, 0.05) is 18.0 Å². The van der Waals surface area contributed by atoms with E-state index in [0.29, 0.717) is 19.0 Å². The molecule has 2 rings (SSSR count). The number of carboxylic acid groups (broad SMARTS) is 1. The van der Waals surface area contributed by atoms with Gasteiger partial charge < -0.3 is 19.5 Å². The van der Waals surface area contributed by atoms with Crippen LogP contribution in [-0.4, -0.2) is 55.4 Å². The number of carboxylic acids is 1. The first-order valence-corrected chi connectivity index (χ1v) is 7.70. The molecule has 6 heteroatoms. The summed E-state index contributed by atoms with van der Waals surface area (Å²) in [5.41, 5.74) is 0. The molecule has 112 valence electrons. The van der Waals surface area contributed by atoms with Crippen LogP contribution in [0.25, 0.3) is 0 Å². The van der Waals surface area contributed by atoms with E-state index in [-0.39, 0.29) is 11.0 Å². The molecule has 1 saturated heterocycles. The smallest absolute Gasteiger partial charge is 0.349 e. The Labute approximate surface area is 123 Å². The monoisotopic (exact) mass is 299 g/mol. The fraction of sp³-hybridized carbons (Fsp3) is 0.643. The van der Waals surface area contributed by atoms with Gasteiger partial charge in [0.25, 0.3) is 0 Å². The van der Waals surface area contributed by atoms with Crippen LogP contribution in [0.15, 0.2) is 6.07 Å². The van der Waals surface area contributed by atoms with Crippen molar-refractivity contribution in [1.82, 2.24) is 4.90 Å². The van der Waals surface area contributed by atoms with Crippen LogP contribution in [0.2, 0.25) is 0 Å². The van der Waals surface area contributed by atoms with Crippen molar-refractivity contribution < 1.29 is 19.4 Å². The van der Waals surface area contributed by atoms with E-state index in [0.717, 1.165) is 30.8 Å². The summed E-state index contributed by atoms with van der Waals surface area (Å²) in [4.78, 5) is 14.8. The third-order valence-corrected chi connectivity index (χ3v) is 4.37. The average Bonchev–Trinajstić information content (AvgIpc) is 2.80. The van der Waals surface area contributed by atoms with Crippen molar-refractivity contribution in [1.29, 1.82) is 0 Å². The van der Waals surface area contributed by atoms with Crippen molar-refractivity contribution in [3.05, 3.63) is 15.8 Å². The second-order valence-electron chi connectivity index (χ2n) is 5.03. The number of rotatable bonds is 6. The van der Waals surface area contributed by atoms with Crippen LogP contribution in [0.3, 0.4) is 0 Å². The maximum Gasteiger partial charge on any atom is 0.349 e. The molecule has 0 amide bonds. The number of likely N-dealkylation sites (N-methyl/N-ethyl adjacent to an activating group) is 1. The first-order chi connectivity index (χ1) is 9.60. The van der Waals surface area contributed by atoms with Crippen molar-refractivity contribution in [3.8, 4) is 5.75 Å². The maximum atomic E-state index is 11.2. The largest absolute Gasteiger partial charge is 0.489 e. The van der Waals surface area contributed by atoms with Crippen LogP contribution < -0.4 is 4.74 Å². The number of morpholine rings is 1. The van der Waals surface area contributed by atoms with Gasteiger partial charge in [0.2, 0.25) is 0 Å². The summed E-state index contributed by atoms with van der Waals surface area (Å²) in [5, 5.41) is 9.22. The number of hydrogen-bond acceptors (Lipinski definition) is 5. The summed E-state index contributed by atoms with van der Waals surface area (Å²) >= 11 is 1.30. The van der Waals surface area contributed by atoms with Gasteiger partial charge in [0.05, 0.1) is 6.61 Å². The predicted molar refractivity (Wildman–Crippen MR) is 78.0 cm³/mol. The van der Waals surface area contributed by atoms with Crippen LogP contribution in [0.4, 0.5) is 0 Å². The molecular formula is C14H21NO4S. The van der Waals surface area contributed by atoms with E-state index >= 15 is 0 Å². The number of aryl methyl sites for hydroxylation is 1. The highest BCUT2D eigenvalue weighted by atomic mass is 32.1. The minimum absolute atomic E-state index is 0.00456. The quantitative estimate of drug-likeness (QED) is 0.872. The Morgan fingerprint density at radius 3 is 3.10 bits per heavy atom. The average molecular weight is 299 g/mol. The normalized spacial score (nSPS) is 20.0. The van der Waals surface area contributed by atoms with Crippen molar-refractivity contribution in [2.45, 2.75) is 25.9 Å². The van der Waals surface area contributed by atoms with E-state index in [2.05, 4.69) is 11.8 Å². The number of thiophene rings is 1. The number of hydrogen-bond donors (Lipinski definition) is 1. The van der Waals surface area contributed by atoms with Gasteiger partial charge in [-0.15, -0.1) is 11.3 Å². The summed E-state index contributed by atoms with van der Waals surface area (Å²) in [6.45, 7) is 4.91. The molecule has 1 aliphatic heterocycles. The van der Waals surface area contributed by atoms with E-state index in [1.165, 1.54) is 11.3 Å². The zero-order valence-electron chi connectivity index (χ0n) is 11.9. The molecule has 1 unspecified atom stereocenters. The molecule has 1 aromatic rings. The molecule has 1 aliphatic rings. The molecular weight excluding hydrogens is 278 g/mol. The third-order valence-electron chi connectivity index (χ3n) is 3.21. The lowest BCUT2D eigenvalue weighted by Gasteiger charge is -2.29. The van der Waals surface area contributed by atoms with Gasteiger partial charge in [0.1, 0.15) is 18.5 Å². The summed E-state index contributed by atoms with van der Waals surface area (Å²) < 4.78 is 11.3. The molecule has 2 heterocycles. The first-order valence-electron chi connectivity index (χ1n) is 6.89. The Kier molecular flexibility index (Phi) is 5.39. The maximum absolute atomic E-state index is 11.2. The number of nitrogens with zero attached hydrogens (tertiary/aromatic N) is 1. The zero-order chi connectivity index (χ0) is 14.5. The first kappa shape index (κ1) is 15.3. The van der Waals surface area contributed by atoms with E-state index < -0.39 is 5.97 Å². The number of aromatic carboxylic acids is 1. The molecule has 0 radical (unpaired) electrons. The number of carbonyl (C=O) groups is 1. The minimum atomic E-state index is -0.922. The third kappa shape index (κ3) is 3.94. The SMILES string of the molecule is CCCc1cc(OCC2CN(C)CCO2)c(C(=O)O)s1. The Hall–Kier alpha value is -1.11. The highest BCUT2D eigenvalue weighted by Crippen LogP contribution is 2.30. The fourth-order valence-corrected chi connectivity index (χ4v) is 3.24. The molecule has 1 fully saturated rings. The highest BCUT2D eigenvalue weighted by molar-refractivity contribution is 7.14. The molecule has 0 saturated carbocycles. The molecule has 0 aromatic carbocycles. The zero-order valence-corrected chi connectivity index (χ0v) is 12.7. The second kappa shape index (κ2) is 7.06. The highest BCUT2D eigenvalue weighted by Gasteiger charge is 2.21. The van der Waals surface area contributed by atoms with Crippen LogP contribution in [0.5, 0.6) is 5.75 Å². The van der Waals surface area contributed by atoms with Crippen molar-refractivity contribution in [2.75, 3.05) is 33.4 Å². The van der Waals surface area contributed by atoms with Crippen LogP contribution in [-0.2, 0) is 11.2 Å². The van der Waals surface area contributed by atoms with Gasteiger partial charge in [-0.05, 0) is 19.5 Å². The molecule has 1 N–H and O–H groups in total. The summed E-state index contributed by atoms with van der Waals surface area (Å²) in [5.74, 6) is -0.447. The van der Waals surface area contributed by atoms with Crippen LogP contribution >= 0.6 is 11.3 Å². The predicted octanol–water partition coefficient (Wildman–Crippen LogP) is 2.11. The van der Waals surface area contributed by atoms with E-state index in [1.807, 2.05) is 13.1 Å². The van der Waals surface area contributed by atoms with Crippen molar-refractivity contribution in [2.24, 2.45) is 0 Å². The van der Waals surface area contributed by atoms with E-state index in [4.69, 9.17) is 9.47 Å². The Balaban J connectivity index is 1.98. The minimum Gasteiger partial charge on any atom is -0.489 e. The molecule has 0 spiro atoms. The van der Waals surface area contributed by atoms with Gasteiger partial charge >= 0.3 is 5.97 Å². The Bertz CT molecular complexity index is 460. The van der Waals surface area contributed by atoms with Gasteiger partial charge in [-0.3, -0.25) is 0 Å². The van der Waals surface area contributed by atoms with Crippen LogP contribution in [0, 0.1) is 0 Å². The molecule has 0 bridgehead atoms. The van der Waals surface area contributed by atoms with E-state index in [1.54, 1.807) is 0 Å². The van der Waals surface area contributed by atoms with Gasteiger partial charge in [0.15, 0.2) is 4.88 Å². The topological polar surface area (TPSA) is 59.0 Å². The van der Waals surface area contributed by atoms with Gasteiger partial charge in [-0.2, -0.15) is 0 Å². The molecule has 1 atom stereocenters. The second-order valence-corrected chi connectivity index (χ2v) is 6.16. The standard InChI is InChI=1S/C14H21NO4S/c1-3-4-11-7-12(13(20-11)14(16)17)19-9-10-8-15(2)5-6-18-10/h7,10H,3-6,8-9H2,1-2H3,(H,16,17). The van der Waals surface area contributed by atoms with Gasteiger partial charge in [-0.25, -0.2) is 4.79 Å². The molecule has 0 aliphatic carbocycles. The van der Waals surface area contributed by atoms with Crippen molar-refractivity contribution >= 4 is 17.3 Å². The summed E-state index contributed by atoms with van der Waals surface area (Å²) in [6.07, 6.45) is 1.89. The lowest BCUT2D eigenvalue weighted by molar-refractivity contribution is -0.0404. The van der Waals surface area contributed by atoms with Crippen molar-refractivity contribution in [3.63, 3.8) is 0 Å². The number of ether oxygens (including phenoxy) is 2. The lowest BCUT2D eigenvalue weighted by atomic mass is 10.2. The molecule has 1 aromatic heterocycles. The Morgan fingerprint density at radius 1 is 1.65 bits per heavy atom. The van der Waals surface area contributed by atoms with Crippen LogP contribution in [0.1, 0.15) is 27.9 Å².